The summed E-state index contributed by atoms with van der Waals surface area (Å²) in [4.78, 5) is 2.54. The van der Waals surface area contributed by atoms with Crippen LogP contribution in [0.25, 0.3) is 61.0 Å². The minimum Gasteiger partial charge on any atom is -0.310 e. The van der Waals surface area contributed by atoms with Gasteiger partial charge in [0, 0.05) is 28.7 Å². The highest BCUT2D eigenvalue weighted by atomic mass is 15.2. The van der Waals surface area contributed by atoms with E-state index < -0.39 is 10.8 Å². The second kappa shape index (κ2) is 18.0. The van der Waals surface area contributed by atoms with Crippen molar-refractivity contribution in [2.45, 2.75) is 16.9 Å². The van der Waals surface area contributed by atoms with Crippen molar-refractivity contribution in [1.82, 2.24) is 0 Å². The molecule has 1 aromatic heterocycles. The minimum absolute atomic E-state index is 0.245. The zero-order valence-corrected chi connectivity index (χ0v) is 44.9. The summed E-state index contributed by atoms with van der Waals surface area (Å²) in [7, 11) is 0. The Bertz CT molecular complexity index is 4650. The number of fused-ring (bicyclic) bond motifs is 16. The van der Waals surface area contributed by atoms with E-state index in [2.05, 4.69) is 319 Å². The number of anilines is 3. The number of hydrogen-bond acceptors (Lipinski definition) is 2. The van der Waals surface area contributed by atoms with Gasteiger partial charge in [0.2, 0.25) is 5.69 Å². The summed E-state index contributed by atoms with van der Waals surface area (Å²) in [6, 6.07) is 115. The molecule has 12 aromatic carbocycles. The highest BCUT2D eigenvalue weighted by Gasteiger charge is 2.52. The Kier molecular flexibility index (Phi) is 10.2. The molecule has 3 aliphatic carbocycles. The second-order valence-corrected chi connectivity index (χ2v) is 22.2. The molecule has 13 aromatic rings. The minimum atomic E-state index is -0.598. The van der Waals surface area contributed by atoms with Crippen molar-refractivity contribution in [3.05, 3.63) is 370 Å². The quantitative estimate of drug-likeness (QED) is 0.139. The molecule has 3 nitrogen and oxygen atoms in total. The van der Waals surface area contributed by atoms with Gasteiger partial charge in [0.15, 0.2) is 6.04 Å². The van der Waals surface area contributed by atoms with Crippen LogP contribution in [0.3, 0.4) is 0 Å². The maximum absolute atomic E-state index is 5.73. The van der Waals surface area contributed by atoms with E-state index in [9.17, 15) is 0 Å². The van der Waals surface area contributed by atoms with Crippen molar-refractivity contribution in [2.75, 3.05) is 4.90 Å². The topological polar surface area (TPSA) is 21.5 Å². The SMILES string of the molecule is c1ccc(C2=c3c4cc(N(c5ccc6c(c5)C(c5ccccc5)(c5ccccc5)c5ccccc5-6)c5ccc6c(c5)C5(c7ccccc7-c7ccccc75)c5ccccc5-6)ccc4cc(-c4ccccc4)[n+]3=NC2c2ccccc2)cc1. The van der Waals surface area contributed by atoms with Crippen LogP contribution in [0.2, 0.25) is 0 Å². The van der Waals surface area contributed by atoms with Gasteiger partial charge >= 0.3 is 0 Å². The predicted molar refractivity (Wildman–Crippen MR) is 333 cm³/mol. The van der Waals surface area contributed by atoms with Crippen molar-refractivity contribution in [2.24, 2.45) is 5.11 Å². The van der Waals surface area contributed by atoms with Crippen LogP contribution in [0.5, 0.6) is 0 Å². The summed E-state index contributed by atoms with van der Waals surface area (Å²) < 4.78 is 2.25. The monoisotopic (exact) mass is 1040 g/mol. The second-order valence-electron chi connectivity index (χ2n) is 22.2. The van der Waals surface area contributed by atoms with Crippen molar-refractivity contribution < 1.29 is 4.36 Å². The Morgan fingerprint density at radius 2 is 0.707 bits per heavy atom. The van der Waals surface area contributed by atoms with Gasteiger partial charge in [-0.2, -0.15) is 0 Å². The highest BCUT2D eigenvalue weighted by molar-refractivity contribution is 5.98. The maximum atomic E-state index is 5.73. The fourth-order valence-corrected chi connectivity index (χ4v) is 15.0. The highest BCUT2D eigenvalue weighted by Crippen LogP contribution is 2.64. The molecule has 0 saturated heterocycles. The first-order valence-corrected chi connectivity index (χ1v) is 28.6. The van der Waals surface area contributed by atoms with Gasteiger partial charge in [-0.25, -0.2) is 0 Å². The van der Waals surface area contributed by atoms with E-state index in [1.54, 1.807) is 0 Å². The lowest BCUT2D eigenvalue weighted by molar-refractivity contribution is -0.546. The van der Waals surface area contributed by atoms with Crippen molar-refractivity contribution in [3.63, 3.8) is 0 Å². The molecule has 0 bridgehead atoms. The molecule has 1 atom stereocenters. The molecule has 0 amide bonds. The molecule has 0 N–H and O–H groups in total. The molecule has 1 unspecified atom stereocenters. The van der Waals surface area contributed by atoms with Crippen LogP contribution in [0.4, 0.5) is 17.1 Å². The van der Waals surface area contributed by atoms with E-state index in [0.29, 0.717) is 0 Å². The van der Waals surface area contributed by atoms with Crippen LogP contribution in [-0.4, -0.2) is 0 Å². The van der Waals surface area contributed by atoms with E-state index in [-0.39, 0.29) is 6.04 Å². The summed E-state index contributed by atoms with van der Waals surface area (Å²) >= 11 is 0. The van der Waals surface area contributed by atoms with E-state index >= 15 is 0 Å². The molecule has 0 saturated carbocycles. The summed E-state index contributed by atoms with van der Waals surface area (Å²) in [5, 5.41) is 9.10. The van der Waals surface area contributed by atoms with Crippen molar-refractivity contribution in [3.8, 4) is 44.6 Å². The normalized spacial score (nSPS) is 15.0. The van der Waals surface area contributed by atoms with Crippen LogP contribution in [0, 0.1) is 0 Å². The summed E-state index contributed by atoms with van der Waals surface area (Å²) in [6.45, 7) is 0. The first-order valence-electron chi connectivity index (χ1n) is 28.6. The molecule has 0 fully saturated rings. The fourth-order valence-electron chi connectivity index (χ4n) is 15.0. The van der Waals surface area contributed by atoms with Gasteiger partial charge in [-0.15, -0.1) is 0 Å². The smallest absolute Gasteiger partial charge is 0.252 e. The molecule has 0 radical (unpaired) electrons. The summed E-state index contributed by atoms with van der Waals surface area (Å²) in [6.07, 6.45) is 0. The molecule has 1 spiro atoms. The Hall–Kier alpha value is -10.5. The van der Waals surface area contributed by atoms with E-state index in [4.69, 9.17) is 5.11 Å². The van der Waals surface area contributed by atoms with Gasteiger partial charge in [-0.05, 0) is 152 Å². The van der Waals surface area contributed by atoms with Crippen molar-refractivity contribution in [1.29, 1.82) is 0 Å². The molecule has 382 valence electrons. The molecular weight excluding hydrogens is 991 g/mol. The van der Waals surface area contributed by atoms with Gasteiger partial charge in [0.25, 0.3) is 5.35 Å². The Labute approximate surface area is 477 Å². The molecule has 2 heterocycles. The van der Waals surface area contributed by atoms with Gasteiger partial charge in [0.1, 0.15) is 0 Å². The molecule has 1 aliphatic heterocycles. The van der Waals surface area contributed by atoms with E-state index in [0.717, 1.165) is 55.6 Å². The molecule has 3 heteroatoms. The Morgan fingerprint density at radius 3 is 1.22 bits per heavy atom. The maximum Gasteiger partial charge on any atom is 0.252 e. The van der Waals surface area contributed by atoms with Crippen molar-refractivity contribution >= 4 is 33.4 Å². The number of aromatic nitrogens is 1. The zero-order valence-electron chi connectivity index (χ0n) is 44.9. The van der Waals surface area contributed by atoms with Gasteiger partial charge in [-0.1, -0.05) is 255 Å². The van der Waals surface area contributed by atoms with Gasteiger partial charge < -0.3 is 4.90 Å². The predicted octanol–water partition coefficient (Wildman–Crippen LogP) is 18.0. The number of rotatable bonds is 8. The molecular formula is C79H52N3+. The van der Waals surface area contributed by atoms with Gasteiger partial charge in [-0.3, -0.25) is 0 Å². The Morgan fingerprint density at radius 1 is 0.317 bits per heavy atom. The number of pyridine rings is 1. The standard InChI is InChI=1S/C79H52N3/c1-6-24-52(25-7-1)74-48-55-42-43-58(49-67(55)77-75(53-26-8-2-9-27-53)76(80-82(74)77)54-28-10-3-11-29-54)81(59-44-46-65-63-36-16-20-38-68(63)78(72(65)50-59,56-30-12-4-13-31-56)57-32-14-5-15-33-57)60-45-47-66-64-37-19-23-41-71(64)79(73(66)51-60)69-39-21-17-34-61(69)62-35-18-22-40-70(62)79/h1-51,76H/q+1. The third-order valence-electron chi connectivity index (χ3n) is 18.3. The van der Waals surface area contributed by atoms with Crippen LogP contribution >= 0.6 is 0 Å². The largest absolute Gasteiger partial charge is 0.310 e. The lowest BCUT2D eigenvalue weighted by Gasteiger charge is -2.35. The fraction of sp³-hybridized carbons (Fsp3) is 0.0380. The molecule has 4 aliphatic rings. The Balaban J connectivity index is 0.980. The van der Waals surface area contributed by atoms with E-state index in [1.807, 2.05) is 0 Å². The van der Waals surface area contributed by atoms with Crippen LogP contribution < -0.4 is 14.6 Å². The first-order chi connectivity index (χ1) is 40.7. The first kappa shape index (κ1) is 46.4. The molecule has 82 heavy (non-hydrogen) atoms. The summed E-state index contributed by atoms with van der Waals surface area (Å²) in [5.41, 5.74) is 25.6. The summed E-state index contributed by atoms with van der Waals surface area (Å²) in [5.74, 6) is 0. The average Bonchev–Trinajstić information content (AvgIpc) is 4.27. The van der Waals surface area contributed by atoms with Crippen LogP contribution in [0.1, 0.15) is 61.7 Å². The third-order valence-corrected chi connectivity index (χ3v) is 18.3. The number of hydrogen-bond donors (Lipinski definition) is 0. The third kappa shape index (κ3) is 6.47. The van der Waals surface area contributed by atoms with Gasteiger partial charge in [0.05, 0.1) is 21.8 Å². The van der Waals surface area contributed by atoms with Crippen LogP contribution in [-0.2, 0) is 10.8 Å². The van der Waals surface area contributed by atoms with Crippen LogP contribution in [0.15, 0.2) is 314 Å². The zero-order chi connectivity index (χ0) is 53.9. The average molecular weight is 1040 g/mol. The van der Waals surface area contributed by atoms with E-state index in [1.165, 1.54) is 83.5 Å². The molecule has 17 rings (SSSR count). The number of nitrogens with zero attached hydrogens (tertiary/aromatic N) is 3. The lowest BCUT2D eigenvalue weighted by Crippen LogP contribution is -2.38. The number of benzene rings is 12. The lowest BCUT2D eigenvalue weighted by atomic mass is 9.67.